The van der Waals surface area contributed by atoms with Crippen LogP contribution in [0.5, 0.6) is 0 Å². The summed E-state index contributed by atoms with van der Waals surface area (Å²) in [5.74, 6) is 0.194. The summed E-state index contributed by atoms with van der Waals surface area (Å²) in [5, 5.41) is 11.9. The average molecular weight is 406 g/mol. The first-order valence-electron chi connectivity index (χ1n) is 9.67. The minimum absolute atomic E-state index is 0.149. The molecule has 7 nitrogen and oxygen atoms in total. The van der Waals surface area contributed by atoms with Crippen molar-refractivity contribution in [1.29, 1.82) is 0 Å². The number of nitrogens with one attached hydrogen (secondary N) is 1. The molecule has 0 fully saturated rings. The van der Waals surface area contributed by atoms with Crippen molar-refractivity contribution in [3.63, 3.8) is 0 Å². The molecule has 0 aliphatic heterocycles. The number of hydrogen-bond acceptors (Lipinski definition) is 6. The lowest BCUT2D eigenvalue weighted by atomic mass is 9.97. The van der Waals surface area contributed by atoms with Crippen molar-refractivity contribution in [2.24, 2.45) is 5.41 Å². The molecule has 0 aliphatic rings. The van der Waals surface area contributed by atoms with Crippen molar-refractivity contribution >= 4 is 5.69 Å². The first kappa shape index (κ1) is 19.8. The van der Waals surface area contributed by atoms with Gasteiger partial charge in [0.1, 0.15) is 23.5 Å². The van der Waals surface area contributed by atoms with Crippen molar-refractivity contribution < 1.29 is 8.91 Å². The summed E-state index contributed by atoms with van der Waals surface area (Å²) in [6, 6.07) is 10.2. The van der Waals surface area contributed by atoms with E-state index in [0.29, 0.717) is 28.5 Å². The van der Waals surface area contributed by atoms with Crippen LogP contribution in [0.25, 0.3) is 22.9 Å². The highest BCUT2D eigenvalue weighted by Gasteiger charge is 2.17. The van der Waals surface area contributed by atoms with Crippen molar-refractivity contribution in [3.05, 3.63) is 66.4 Å². The van der Waals surface area contributed by atoms with E-state index in [9.17, 15) is 4.39 Å². The average Bonchev–Trinajstić information content (AvgIpc) is 3.38. The Balaban J connectivity index is 1.63. The second-order valence-electron chi connectivity index (χ2n) is 8.26. The molecular weight excluding hydrogens is 383 g/mol. The quantitative estimate of drug-likeness (QED) is 0.502. The van der Waals surface area contributed by atoms with E-state index < -0.39 is 0 Å². The lowest BCUT2D eigenvalue weighted by Crippen LogP contribution is -2.19. The van der Waals surface area contributed by atoms with Gasteiger partial charge in [-0.3, -0.25) is 4.68 Å². The van der Waals surface area contributed by atoms with Crippen LogP contribution in [0.1, 0.15) is 26.3 Å². The van der Waals surface area contributed by atoms with E-state index in [0.717, 1.165) is 12.2 Å². The topological polar surface area (TPSA) is 81.7 Å². The number of nitrogens with zero attached hydrogens (tertiary/aromatic N) is 5. The summed E-state index contributed by atoms with van der Waals surface area (Å²) in [4.78, 5) is 8.89. The van der Waals surface area contributed by atoms with Gasteiger partial charge in [0.15, 0.2) is 5.82 Å². The number of aromatic nitrogens is 5. The van der Waals surface area contributed by atoms with Crippen LogP contribution in [0.15, 0.2) is 59.6 Å². The molecule has 0 amide bonds. The third kappa shape index (κ3) is 4.53. The predicted molar refractivity (Wildman–Crippen MR) is 112 cm³/mol. The monoisotopic (exact) mass is 406 g/mol. The standard InChI is InChI=1S/C22H23FN6O/c1-22(2,3)14-26-16-11-24-21(25-12-16)19-10-20(18-8-9-30-28-18)29(27-19)13-15-6-4-5-7-17(15)23/h4-12,26H,13-14H2,1-3H3. The molecule has 0 spiro atoms. The number of hydrogen-bond donors (Lipinski definition) is 1. The van der Waals surface area contributed by atoms with Gasteiger partial charge in [-0.2, -0.15) is 5.10 Å². The molecule has 4 aromatic rings. The van der Waals surface area contributed by atoms with Gasteiger partial charge in [-0.1, -0.05) is 44.1 Å². The lowest BCUT2D eigenvalue weighted by Gasteiger charge is -2.19. The molecule has 1 N–H and O–H groups in total. The number of halogens is 1. The normalized spacial score (nSPS) is 11.6. The Labute approximate surface area is 174 Å². The summed E-state index contributed by atoms with van der Waals surface area (Å²) in [7, 11) is 0. The molecule has 0 atom stereocenters. The SMILES string of the molecule is CC(C)(C)CNc1cnc(-c2cc(-c3ccon3)n(Cc3ccccc3F)n2)nc1. The molecule has 0 radical (unpaired) electrons. The van der Waals surface area contributed by atoms with E-state index in [1.54, 1.807) is 41.3 Å². The van der Waals surface area contributed by atoms with Gasteiger partial charge >= 0.3 is 0 Å². The highest BCUT2D eigenvalue weighted by molar-refractivity contribution is 5.63. The van der Waals surface area contributed by atoms with Gasteiger partial charge in [-0.15, -0.1) is 0 Å². The van der Waals surface area contributed by atoms with E-state index in [1.165, 1.54) is 12.3 Å². The van der Waals surface area contributed by atoms with Crippen LogP contribution < -0.4 is 5.32 Å². The van der Waals surface area contributed by atoms with Crippen LogP contribution in [0, 0.1) is 11.2 Å². The van der Waals surface area contributed by atoms with Gasteiger partial charge in [-0.05, 0) is 17.5 Å². The van der Waals surface area contributed by atoms with Gasteiger partial charge in [0.2, 0.25) is 0 Å². The summed E-state index contributed by atoms with van der Waals surface area (Å²) >= 11 is 0. The molecule has 3 aromatic heterocycles. The van der Waals surface area contributed by atoms with Crippen molar-refractivity contribution in [1.82, 2.24) is 24.9 Å². The number of rotatable bonds is 6. The minimum Gasteiger partial charge on any atom is -0.382 e. The maximum Gasteiger partial charge on any atom is 0.180 e. The highest BCUT2D eigenvalue weighted by atomic mass is 19.1. The minimum atomic E-state index is -0.286. The third-order valence-electron chi connectivity index (χ3n) is 4.46. The fourth-order valence-electron chi connectivity index (χ4n) is 2.90. The Morgan fingerprint density at radius 1 is 1.07 bits per heavy atom. The molecule has 0 saturated heterocycles. The Kier molecular flexibility index (Phi) is 5.31. The molecular formula is C22H23FN6O. The zero-order valence-corrected chi connectivity index (χ0v) is 17.1. The Hall–Kier alpha value is -3.55. The number of anilines is 1. The fraction of sp³-hybridized carbons (Fsp3) is 0.273. The van der Waals surface area contributed by atoms with Crippen molar-refractivity contribution in [2.45, 2.75) is 27.3 Å². The van der Waals surface area contributed by atoms with Gasteiger partial charge in [0, 0.05) is 18.2 Å². The molecule has 30 heavy (non-hydrogen) atoms. The van der Waals surface area contributed by atoms with Crippen LogP contribution in [0.4, 0.5) is 10.1 Å². The highest BCUT2D eigenvalue weighted by Crippen LogP contribution is 2.25. The molecule has 3 heterocycles. The largest absolute Gasteiger partial charge is 0.382 e. The molecule has 154 valence electrons. The zero-order valence-electron chi connectivity index (χ0n) is 17.1. The molecule has 0 bridgehead atoms. The van der Waals surface area contributed by atoms with Gasteiger partial charge in [0.25, 0.3) is 0 Å². The molecule has 0 aliphatic carbocycles. The third-order valence-corrected chi connectivity index (χ3v) is 4.46. The number of benzene rings is 1. The van der Waals surface area contributed by atoms with Gasteiger partial charge in [-0.25, -0.2) is 14.4 Å². The van der Waals surface area contributed by atoms with Crippen LogP contribution in [-0.2, 0) is 6.54 Å². The van der Waals surface area contributed by atoms with Gasteiger partial charge < -0.3 is 9.84 Å². The van der Waals surface area contributed by atoms with E-state index in [2.05, 4.69) is 46.3 Å². The maximum absolute atomic E-state index is 14.2. The van der Waals surface area contributed by atoms with E-state index in [-0.39, 0.29) is 17.8 Å². The summed E-state index contributed by atoms with van der Waals surface area (Å²) in [6.45, 7) is 7.53. The van der Waals surface area contributed by atoms with E-state index in [1.807, 2.05) is 6.07 Å². The Morgan fingerprint density at radius 2 is 1.83 bits per heavy atom. The predicted octanol–water partition coefficient (Wildman–Crippen LogP) is 4.64. The second-order valence-corrected chi connectivity index (χ2v) is 8.26. The van der Waals surface area contributed by atoms with Crippen LogP contribution in [0.3, 0.4) is 0 Å². The van der Waals surface area contributed by atoms with E-state index in [4.69, 9.17) is 4.52 Å². The van der Waals surface area contributed by atoms with Crippen molar-refractivity contribution in [2.75, 3.05) is 11.9 Å². The first-order chi connectivity index (χ1) is 14.4. The summed E-state index contributed by atoms with van der Waals surface area (Å²) in [6.07, 6.45) is 4.96. The van der Waals surface area contributed by atoms with Crippen molar-refractivity contribution in [3.8, 4) is 22.9 Å². The maximum atomic E-state index is 14.2. The van der Waals surface area contributed by atoms with Crippen LogP contribution >= 0.6 is 0 Å². The zero-order chi connectivity index (χ0) is 21.1. The van der Waals surface area contributed by atoms with Crippen LogP contribution in [0.2, 0.25) is 0 Å². The second kappa shape index (κ2) is 8.06. The summed E-state index contributed by atoms with van der Waals surface area (Å²) < 4.78 is 20.8. The summed E-state index contributed by atoms with van der Waals surface area (Å²) in [5.41, 5.74) is 3.40. The lowest BCUT2D eigenvalue weighted by molar-refractivity contribution is 0.421. The van der Waals surface area contributed by atoms with Crippen LogP contribution in [-0.4, -0.2) is 31.4 Å². The molecule has 0 saturated carbocycles. The Bertz CT molecular complexity index is 1110. The van der Waals surface area contributed by atoms with Gasteiger partial charge in [0.05, 0.1) is 30.3 Å². The van der Waals surface area contributed by atoms with E-state index >= 15 is 0 Å². The molecule has 8 heteroatoms. The molecule has 4 rings (SSSR count). The first-order valence-corrected chi connectivity index (χ1v) is 9.67. The Morgan fingerprint density at radius 3 is 2.50 bits per heavy atom. The fourth-order valence-corrected chi connectivity index (χ4v) is 2.90. The smallest absolute Gasteiger partial charge is 0.180 e. The molecule has 0 unspecified atom stereocenters. The molecule has 1 aromatic carbocycles.